The van der Waals surface area contributed by atoms with Crippen LogP contribution in [0.15, 0.2) is 4.34 Å². The lowest BCUT2D eigenvalue weighted by atomic mass is 9.88. The van der Waals surface area contributed by atoms with Gasteiger partial charge in [-0.1, -0.05) is 43.9 Å². The van der Waals surface area contributed by atoms with Crippen LogP contribution in [-0.2, 0) is 4.79 Å². The maximum atomic E-state index is 11.7. The van der Waals surface area contributed by atoms with Crippen molar-refractivity contribution in [2.75, 3.05) is 5.75 Å². The number of nitrogens with one attached hydrogen (secondary N) is 2. The lowest BCUT2D eigenvalue weighted by molar-refractivity contribution is -0.119. The number of aromatic amines is 1. The van der Waals surface area contributed by atoms with Crippen molar-refractivity contribution in [3.8, 4) is 6.07 Å². The van der Waals surface area contributed by atoms with Crippen LogP contribution < -0.4 is 5.32 Å². The average molecular weight is 302 g/mol. The number of nitrogens with zero attached hydrogens (tertiary/aromatic N) is 2. The molecule has 0 aliphatic heterocycles. The molecule has 0 unspecified atom stereocenters. The molecule has 0 spiro atoms. The Hall–Kier alpha value is -0.910. The molecule has 0 saturated carbocycles. The topological polar surface area (TPSA) is 81.6 Å². The summed E-state index contributed by atoms with van der Waals surface area (Å²) in [6, 6.07) is 1.60. The first-order chi connectivity index (χ1) is 8.32. The number of carbonyl (C=O) groups is 1. The molecule has 1 atom stereocenters. The first kappa shape index (κ1) is 15.1. The Kier molecular flexibility index (Phi) is 5.31. The van der Waals surface area contributed by atoms with Crippen LogP contribution in [0.5, 0.6) is 0 Å². The van der Waals surface area contributed by atoms with E-state index in [1.807, 2.05) is 20.8 Å². The normalized spacial score (nSPS) is 12.8. The molecule has 1 rings (SSSR count). The van der Waals surface area contributed by atoms with Crippen LogP contribution >= 0.6 is 35.3 Å². The summed E-state index contributed by atoms with van der Waals surface area (Å²) in [5.74, 6) is 0.0484. The molecule has 0 fully saturated rings. The summed E-state index contributed by atoms with van der Waals surface area (Å²) in [5, 5.41) is 18.3. The van der Waals surface area contributed by atoms with Gasteiger partial charge in [-0.2, -0.15) is 10.4 Å². The van der Waals surface area contributed by atoms with Gasteiger partial charge in [0.2, 0.25) is 5.91 Å². The van der Waals surface area contributed by atoms with E-state index in [2.05, 4.69) is 21.6 Å². The maximum Gasteiger partial charge on any atom is 0.231 e. The average Bonchev–Trinajstić information content (AvgIpc) is 2.67. The molecule has 0 aliphatic rings. The highest BCUT2D eigenvalue weighted by atomic mass is 32.2. The van der Waals surface area contributed by atoms with Gasteiger partial charge in [0, 0.05) is 0 Å². The lowest BCUT2D eigenvalue weighted by Gasteiger charge is -2.25. The van der Waals surface area contributed by atoms with E-state index in [0.29, 0.717) is 3.95 Å². The monoisotopic (exact) mass is 302 g/mol. The summed E-state index contributed by atoms with van der Waals surface area (Å²) in [6.45, 7) is 5.73. The predicted molar refractivity (Wildman–Crippen MR) is 75.0 cm³/mol. The highest BCUT2D eigenvalue weighted by molar-refractivity contribution is 8.01. The minimum Gasteiger partial charge on any atom is -0.339 e. The summed E-state index contributed by atoms with van der Waals surface area (Å²) < 4.78 is 1.31. The molecule has 0 radical (unpaired) electrons. The fourth-order valence-corrected chi connectivity index (χ4v) is 2.94. The molecule has 0 aromatic carbocycles. The van der Waals surface area contributed by atoms with Crippen LogP contribution in [0, 0.1) is 20.7 Å². The molecule has 2 N–H and O–H groups in total. The first-order valence-corrected chi connectivity index (χ1v) is 7.41. The number of carbonyl (C=O) groups excluding carboxylic acids is 1. The molecule has 1 amide bonds. The zero-order valence-electron chi connectivity index (χ0n) is 10.3. The number of aromatic nitrogens is 2. The minimum absolute atomic E-state index is 0.178. The first-order valence-electron chi connectivity index (χ1n) is 5.20. The molecule has 18 heavy (non-hydrogen) atoms. The van der Waals surface area contributed by atoms with E-state index in [1.165, 1.54) is 23.1 Å². The van der Waals surface area contributed by atoms with E-state index in [0.717, 1.165) is 4.34 Å². The zero-order valence-corrected chi connectivity index (χ0v) is 12.8. The van der Waals surface area contributed by atoms with E-state index < -0.39 is 6.04 Å². The Balaban J connectivity index is 2.47. The summed E-state index contributed by atoms with van der Waals surface area (Å²) in [6.07, 6.45) is 0. The predicted octanol–water partition coefficient (Wildman–Crippen LogP) is 2.35. The van der Waals surface area contributed by atoms with Gasteiger partial charge < -0.3 is 5.32 Å². The van der Waals surface area contributed by atoms with Crippen LogP contribution in [-0.4, -0.2) is 27.9 Å². The van der Waals surface area contributed by atoms with Gasteiger partial charge in [0.25, 0.3) is 0 Å². The molecule has 1 heterocycles. The molecule has 5 nitrogen and oxygen atoms in total. The van der Waals surface area contributed by atoms with Crippen molar-refractivity contribution in [3.63, 3.8) is 0 Å². The van der Waals surface area contributed by atoms with Gasteiger partial charge in [-0.05, 0) is 17.6 Å². The molecule has 0 saturated heterocycles. The summed E-state index contributed by atoms with van der Waals surface area (Å²) in [4.78, 5) is 11.7. The lowest BCUT2D eigenvalue weighted by Crippen LogP contribution is -2.43. The van der Waals surface area contributed by atoms with Gasteiger partial charge in [0.05, 0.1) is 11.8 Å². The molecule has 0 aliphatic carbocycles. The molecule has 1 aromatic heterocycles. The van der Waals surface area contributed by atoms with Crippen LogP contribution in [0.2, 0.25) is 0 Å². The fourth-order valence-electron chi connectivity index (χ4n) is 1.05. The fraction of sp³-hybridized carbons (Fsp3) is 0.600. The highest BCUT2D eigenvalue weighted by Crippen LogP contribution is 2.21. The Morgan fingerprint density at radius 1 is 1.72 bits per heavy atom. The molecular weight excluding hydrogens is 288 g/mol. The van der Waals surface area contributed by atoms with E-state index in [4.69, 9.17) is 17.5 Å². The quantitative estimate of drug-likeness (QED) is 0.659. The SMILES string of the molecule is CC(C)(C)[C@@H](C#N)NC(=O)CSc1n[nH]c(=S)s1. The van der Waals surface area contributed by atoms with Crippen LogP contribution in [0.25, 0.3) is 0 Å². The second kappa shape index (κ2) is 6.31. The Morgan fingerprint density at radius 2 is 2.39 bits per heavy atom. The van der Waals surface area contributed by atoms with Crippen LogP contribution in [0.4, 0.5) is 0 Å². The third-order valence-electron chi connectivity index (χ3n) is 2.05. The number of rotatable bonds is 4. The molecular formula is C10H14N4OS3. The van der Waals surface area contributed by atoms with Gasteiger partial charge >= 0.3 is 0 Å². The van der Waals surface area contributed by atoms with E-state index in [-0.39, 0.29) is 17.1 Å². The second-order valence-electron chi connectivity index (χ2n) is 4.66. The number of thioether (sulfide) groups is 1. The van der Waals surface area contributed by atoms with Crippen molar-refractivity contribution < 1.29 is 4.79 Å². The number of amides is 1. The number of hydrogen-bond donors (Lipinski definition) is 2. The Morgan fingerprint density at radius 3 is 2.83 bits per heavy atom. The number of hydrogen-bond acceptors (Lipinski definition) is 6. The Labute approximate surface area is 119 Å². The van der Waals surface area contributed by atoms with Crippen LogP contribution in [0.3, 0.4) is 0 Å². The Bertz CT molecular complexity index is 508. The van der Waals surface area contributed by atoms with Gasteiger partial charge in [-0.3, -0.25) is 9.89 Å². The van der Waals surface area contributed by atoms with Gasteiger partial charge in [-0.25, -0.2) is 0 Å². The van der Waals surface area contributed by atoms with Crippen molar-refractivity contribution in [1.29, 1.82) is 5.26 Å². The second-order valence-corrected chi connectivity index (χ2v) is 7.55. The molecule has 8 heteroatoms. The summed E-state index contributed by atoms with van der Waals surface area (Å²) >= 11 is 7.52. The molecule has 98 valence electrons. The van der Waals surface area contributed by atoms with E-state index in [1.54, 1.807) is 0 Å². The smallest absolute Gasteiger partial charge is 0.231 e. The summed E-state index contributed by atoms with van der Waals surface area (Å²) in [7, 11) is 0. The third-order valence-corrected chi connectivity index (χ3v) is 4.28. The third kappa shape index (κ3) is 4.76. The van der Waals surface area contributed by atoms with Crippen molar-refractivity contribution in [2.45, 2.75) is 31.2 Å². The van der Waals surface area contributed by atoms with Crippen molar-refractivity contribution in [3.05, 3.63) is 3.95 Å². The number of H-pyrrole nitrogens is 1. The van der Waals surface area contributed by atoms with Crippen molar-refractivity contribution in [2.24, 2.45) is 5.41 Å². The zero-order chi connectivity index (χ0) is 13.8. The van der Waals surface area contributed by atoms with Gasteiger partial charge in [-0.15, -0.1) is 0 Å². The van der Waals surface area contributed by atoms with Gasteiger partial charge in [0.15, 0.2) is 8.29 Å². The standard InChI is InChI=1S/C10H14N4OS3/c1-10(2,3)6(4-11)12-7(15)5-17-9-14-13-8(16)18-9/h6H,5H2,1-3H3,(H,12,15)(H,13,16)/t6-/m1/s1. The van der Waals surface area contributed by atoms with Gasteiger partial charge in [0.1, 0.15) is 6.04 Å². The van der Waals surface area contributed by atoms with Crippen molar-refractivity contribution >= 4 is 41.2 Å². The van der Waals surface area contributed by atoms with E-state index >= 15 is 0 Å². The van der Waals surface area contributed by atoms with Crippen LogP contribution in [0.1, 0.15) is 20.8 Å². The number of nitriles is 1. The maximum absolute atomic E-state index is 11.7. The summed E-state index contributed by atoms with van der Waals surface area (Å²) in [5.41, 5.74) is -0.280. The molecule has 0 bridgehead atoms. The van der Waals surface area contributed by atoms with Crippen molar-refractivity contribution in [1.82, 2.24) is 15.5 Å². The largest absolute Gasteiger partial charge is 0.339 e. The minimum atomic E-state index is -0.497. The van der Waals surface area contributed by atoms with E-state index in [9.17, 15) is 4.79 Å². The highest BCUT2D eigenvalue weighted by Gasteiger charge is 2.25. The molecule has 1 aromatic rings.